The van der Waals surface area contributed by atoms with E-state index in [1.807, 2.05) is 0 Å². The van der Waals surface area contributed by atoms with E-state index < -0.39 is 0 Å². The first-order valence-electron chi connectivity index (χ1n) is 17.3. The number of aryl methyl sites for hydroxylation is 1. The maximum absolute atomic E-state index is 5.37. The summed E-state index contributed by atoms with van der Waals surface area (Å²) >= 11 is 3.43. The monoisotopic (exact) mass is 875 g/mol. The smallest absolute Gasteiger partial charge is 0.124 e. The zero-order valence-corrected chi connectivity index (χ0v) is 33.1. The van der Waals surface area contributed by atoms with Crippen LogP contribution < -0.4 is 0 Å². The van der Waals surface area contributed by atoms with E-state index in [1.54, 1.807) is 22.7 Å². The number of pyridine rings is 1. The molecule has 0 bridgehead atoms. The summed E-state index contributed by atoms with van der Waals surface area (Å²) in [7, 11) is 0. The van der Waals surface area contributed by atoms with E-state index in [-0.39, 0.29) is 20.1 Å². The van der Waals surface area contributed by atoms with Gasteiger partial charge < -0.3 is 4.57 Å². The summed E-state index contributed by atoms with van der Waals surface area (Å²) in [4.78, 5) is 11.3. The Morgan fingerprint density at radius 1 is 0.608 bits per heavy atom. The van der Waals surface area contributed by atoms with Gasteiger partial charge in [-0.2, -0.15) is 0 Å². The summed E-state index contributed by atoms with van der Waals surface area (Å²) in [6.45, 7) is 11.3. The van der Waals surface area contributed by atoms with Crippen molar-refractivity contribution >= 4 is 64.1 Å². The number of imidazole rings is 1. The van der Waals surface area contributed by atoms with Crippen molar-refractivity contribution in [2.24, 2.45) is 0 Å². The van der Waals surface area contributed by atoms with E-state index in [2.05, 4.69) is 160 Å². The molecule has 3 nitrogen and oxygen atoms in total. The van der Waals surface area contributed by atoms with Crippen molar-refractivity contribution in [3.05, 3.63) is 137 Å². The van der Waals surface area contributed by atoms with Gasteiger partial charge in [0.25, 0.3) is 0 Å². The molecular formula is C45H36IrN3S2-. The van der Waals surface area contributed by atoms with Crippen LogP contribution in [0.25, 0.3) is 80.8 Å². The van der Waals surface area contributed by atoms with Gasteiger partial charge in [0.1, 0.15) is 4.83 Å². The Morgan fingerprint density at radius 2 is 1.27 bits per heavy atom. The predicted molar refractivity (Wildman–Crippen MR) is 215 cm³/mol. The SMILES string of the molecule is Cc1ccc2c(n1)sc1ccc(-c3ccc4s[c-]c(-c5nc6ccccc6n5-c5c(C(C)C)cc(-c6ccccc6)cc5C(C)C)c4c3)cc12.[Ir]. The average molecular weight is 875 g/mol. The zero-order valence-electron chi connectivity index (χ0n) is 29.1. The largest absolute Gasteiger partial charge is 0.333 e. The number of hydrogen-bond acceptors (Lipinski definition) is 4. The first-order chi connectivity index (χ1) is 24.3. The summed E-state index contributed by atoms with van der Waals surface area (Å²) < 4.78 is 4.90. The van der Waals surface area contributed by atoms with Gasteiger partial charge in [-0.3, -0.25) is 16.3 Å². The van der Waals surface area contributed by atoms with Crippen LogP contribution in [0.5, 0.6) is 0 Å². The molecule has 1 radical (unpaired) electrons. The molecule has 0 amide bonds. The van der Waals surface area contributed by atoms with Crippen LogP contribution in [0.2, 0.25) is 0 Å². The number of fused-ring (bicyclic) bond motifs is 5. The molecule has 253 valence electrons. The van der Waals surface area contributed by atoms with E-state index in [4.69, 9.17) is 9.97 Å². The van der Waals surface area contributed by atoms with Crippen LogP contribution in [0.4, 0.5) is 0 Å². The molecule has 4 heterocycles. The predicted octanol–water partition coefficient (Wildman–Crippen LogP) is 13.4. The van der Waals surface area contributed by atoms with E-state index in [9.17, 15) is 0 Å². The fourth-order valence-corrected chi connectivity index (χ4v) is 9.21. The van der Waals surface area contributed by atoms with Crippen molar-refractivity contribution in [2.75, 3.05) is 0 Å². The maximum atomic E-state index is 5.37. The number of rotatable bonds is 6. The van der Waals surface area contributed by atoms with Crippen LogP contribution in [0.1, 0.15) is 56.4 Å². The summed E-state index contributed by atoms with van der Waals surface area (Å²) in [5.41, 5.74) is 13.0. The molecule has 0 spiro atoms. The van der Waals surface area contributed by atoms with Crippen LogP contribution in [0.3, 0.4) is 0 Å². The van der Waals surface area contributed by atoms with E-state index in [1.165, 1.54) is 64.6 Å². The van der Waals surface area contributed by atoms with Crippen molar-refractivity contribution in [2.45, 2.75) is 46.5 Å². The van der Waals surface area contributed by atoms with E-state index in [0.717, 1.165) is 32.9 Å². The minimum Gasteiger partial charge on any atom is -0.333 e. The summed E-state index contributed by atoms with van der Waals surface area (Å²) in [5.74, 6) is 1.54. The van der Waals surface area contributed by atoms with Gasteiger partial charge in [-0.15, -0.1) is 16.7 Å². The zero-order chi connectivity index (χ0) is 34.1. The molecular weight excluding hydrogens is 839 g/mol. The third-order valence-corrected chi connectivity index (χ3v) is 11.8. The quantitative estimate of drug-likeness (QED) is 0.156. The summed E-state index contributed by atoms with van der Waals surface area (Å²) in [6, 6.07) is 42.1. The Kier molecular flexibility index (Phi) is 8.76. The molecule has 9 aromatic rings. The standard InChI is InChI=1S/C45H36N3S2.Ir/c1-26(2)34-23-32(29-11-7-6-8-12-29)24-35(27(3)4)43(34)48-40-14-10-9-13-39(40)47-44(48)38-25-49-41-19-16-30(22-37(38)41)31-17-20-42-36(21-31)33-18-15-28(5)46-45(33)50-42;/h6-24,26-27H,1-5H3;/q-1;. The van der Waals surface area contributed by atoms with Crippen molar-refractivity contribution in [3.63, 3.8) is 0 Å². The molecule has 51 heavy (non-hydrogen) atoms. The second kappa shape index (κ2) is 13.3. The summed E-state index contributed by atoms with van der Waals surface area (Å²) in [6.07, 6.45) is 0. The number of benzene rings is 5. The van der Waals surface area contributed by atoms with Gasteiger partial charge in [0.15, 0.2) is 0 Å². The molecule has 9 rings (SSSR count). The molecule has 0 saturated heterocycles. The maximum Gasteiger partial charge on any atom is 0.124 e. The molecule has 0 N–H and O–H groups in total. The van der Waals surface area contributed by atoms with Gasteiger partial charge in [-0.1, -0.05) is 110 Å². The van der Waals surface area contributed by atoms with Gasteiger partial charge in [0, 0.05) is 47.0 Å². The van der Waals surface area contributed by atoms with Crippen molar-refractivity contribution in [1.29, 1.82) is 0 Å². The third-order valence-electron chi connectivity index (χ3n) is 9.85. The van der Waals surface area contributed by atoms with Crippen LogP contribution in [0.15, 0.2) is 115 Å². The second-order valence-electron chi connectivity index (χ2n) is 13.8. The van der Waals surface area contributed by atoms with Crippen molar-refractivity contribution in [3.8, 4) is 39.3 Å². The van der Waals surface area contributed by atoms with Crippen LogP contribution in [0, 0.1) is 12.3 Å². The molecule has 5 aromatic carbocycles. The molecule has 0 unspecified atom stereocenters. The van der Waals surface area contributed by atoms with Crippen LogP contribution in [-0.2, 0) is 20.1 Å². The fraction of sp³-hybridized carbons (Fsp3) is 0.156. The Bertz CT molecular complexity index is 2700. The van der Waals surface area contributed by atoms with E-state index in [0.29, 0.717) is 11.8 Å². The first-order valence-corrected chi connectivity index (χ1v) is 18.9. The molecule has 0 aliphatic heterocycles. The number of hydrogen-bond donors (Lipinski definition) is 0. The first kappa shape index (κ1) is 33.7. The minimum atomic E-state index is 0. The molecule has 4 aromatic heterocycles. The molecule has 0 saturated carbocycles. The van der Waals surface area contributed by atoms with Gasteiger partial charge in [-0.05, 0) is 101 Å². The van der Waals surface area contributed by atoms with Gasteiger partial charge >= 0.3 is 0 Å². The van der Waals surface area contributed by atoms with Gasteiger partial charge in [0.05, 0.1) is 16.9 Å². The van der Waals surface area contributed by atoms with Gasteiger partial charge in [-0.25, -0.2) is 4.98 Å². The Morgan fingerprint density at radius 3 is 2.00 bits per heavy atom. The number of nitrogens with zero attached hydrogens (tertiary/aromatic N) is 3. The van der Waals surface area contributed by atoms with Crippen molar-refractivity contribution < 1.29 is 20.1 Å². The van der Waals surface area contributed by atoms with E-state index >= 15 is 0 Å². The van der Waals surface area contributed by atoms with Crippen molar-refractivity contribution in [1.82, 2.24) is 14.5 Å². The van der Waals surface area contributed by atoms with Crippen LogP contribution in [-0.4, -0.2) is 14.5 Å². The van der Waals surface area contributed by atoms with Gasteiger partial charge in [0.2, 0.25) is 0 Å². The molecule has 0 aliphatic carbocycles. The Labute approximate surface area is 320 Å². The summed E-state index contributed by atoms with van der Waals surface area (Å²) in [5, 5.41) is 7.38. The Hall–Kier alpha value is -4.45. The molecule has 0 fully saturated rings. The third kappa shape index (κ3) is 5.75. The Balaban J connectivity index is 0.00000374. The average Bonchev–Trinajstić information content (AvgIpc) is 3.83. The van der Waals surface area contributed by atoms with Crippen LogP contribution >= 0.6 is 22.7 Å². The number of aromatic nitrogens is 3. The second-order valence-corrected chi connectivity index (χ2v) is 15.7. The number of para-hydroxylation sites is 2. The molecule has 0 atom stereocenters. The topological polar surface area (TPSA) is 30.7 Å². The number of thiophene rings is 2. The minimum absolute atomic E-state index is 0. The normalized spacial score (nSPS) is 11.8. The fourth-order valence-electron chi connectivity index (χ4n) is 7.29. The molecule has 0 aliphatic rings. The molecule has 6 heteroatoms.